The number of halogens is 3. The molecule has 1 atom stereocenters. The van der Waals surface area contributed by atoms with E-state index in [-0.39, 0.29) is 53.4 Å². The molecule has 176 valence electrons. The smallest absolute Gasteiger partial charge is 0.549 e. The van der Waals surface area contributed by atoms with Crippen molar-refractivity contribution in [1.82, 2.24) is 0 Å². The maximum atomic E-state index is 13.7. The number of Topliss-reactive ketones (excluding diaryl/α,β-unsaturated/α-hetero) is 1. The van der Waals surface area contributed by atoms with Gasteiger partial charge in [0.1, 0.15) is 28.9 Å². The fourth-order valence-corrected chi connectivity index (χ4v) is 4.07. The molecule has 4 rings (SSSR count). The second-order valence-electron chi connectivity index (χ2n) is 7.97. The number of hydrogen-bond donors (Lipinski definition) is 0. The van der Waals surface area contributed by atoms with Gasteiger partial charge in [0.05, 0.1) is 11.6 Å². The monoisotopic (exact) mass is 508 g/mol. The maximum absolute atomic E-state index is 13.7. The first-order chi connectivity index (χ1) is 16.3. The molecule has 0 saturated carbocycles. The van der Waals surface area contributed by atoms with E-state index < -0.39 is 23.5 Å². The summed E-state index contributed by atoms with van der Waals surface area (Å²) in [5, 5.41) is 11.6. The Morgan fingerprint density at radius 1 is 1.09 bits per heavy atom. The third-order valence-corrected chi connectivity index (χ3v) is 5.95. The van der Waals surface area contributed by atoms with Gasteiger partial charge in [-0.05, 0) is 61.2 Å². The number of rotatable bonds is 8. The molecular weight excluding hydrogens is 489 g/mol. The van der Waals surface area contributed by atoms with E-state index in [9.17, 15) is 23.5 Å². The van der Waals surface area contributed by atoms with Crippen molar-refractivity contribution in [2.75, 3.05) is 6.61 Å². The van der Waals surface area contributed by atoms with E-state index in [1.807, 2.05) is 0 Å². The molecular formula is C26H20ClF2NaO5. The van der Waals surface area contributed by atoms with Crippen LogP contribution in [-0.4, -0.2) is 18.4 Å². The van der Waals surface area contributed by atoms with Crippen molar-refractivity contribution in [3.8, 4) is 17.2 Å². The van der Waals surface area contributed by atoms with Crippen LogP contribution in [0.25, 0.3) is 0 Å². The molecule has 1 aliphatic rings. The summed E-state index contributed by atoms with van der Waals surface area (Å²) in [7, 11) is 0. The number of ketones is 1. The molecule has 5 nitrogen and oxygen atoms in total. The molecule has 0 bridgehead atoms. The van der Waals surface area contributed by atoms with Gasteiger partial charge in [0.2, 0.25) is 0 Å². The fraction of sp³-hybridized carbons (Fsp3) is 0.231. The number of carboxylic acids is 1. The van der Waals surface area contributed by atoms with Gasteiger partial charge in [-0.3, -0.25) is 4.79 Å². The Hall–Kier alpha value is -2.45. The molecule has 3 aromatic carbocycles. The van der Waals surface area contributed by atoms with Gasteiger partial charge in [0, 0.05) is 41.6 Å². The average Bonchev–Trinajstić information content (AvgIpc) is 2.81. The van der Waals surface area contributed by atoms with Crippen molar-refractivity contribution in [1.29, 1.82) is 0 Å². The van der Waals surface area contributed by atoms with Crippen LogP contribution in [0.3, 0.4) is 0 Å². The molecule has 9 heteroatoms. The van der Waals surface area contributed by atoms with Gasteiger partial charge in [0.25, 0.3) is 0 Å². The molecule has 3 aromatic rings. The number of ether oxygens (including phenoxy) is 2. The van der Waals surface area contributed by atoms with Gasteiger partial charge < -0.3 is 19.4 Å². The number of carbonyl (C=O) groups is 2. The van der Waals surface area contributed by atoms with Crippen molar-refractivity contribution in [3.05, 3.63) is 87.9 Å². The van der Waals surface area contributed by atoms with Gasteiger partial charge in [-0.25, -0.2) is 8.78 Å². The van der Waals surface area contributed by atoms with Crippen LogP contribution < -0.4 is 44.1 Å². The Kier molecular flexibility index (Phi) is 9.30. The minimum absolute atomic E-state index is 0. The van der Waals surface area contributed by atoms with Crippen molar-refractivity contribution in [3.63, 3.8) is 0 Å². The summed E-state index contributed by atoms with van der Waals surface area (Å²) in [5.74, 6) is -2.23. The zero-order chi connectivity index (χ0) is 24.2. The molecule has 1 aliphatic heterocycles. The van der Waals surface area contributed by atoms with Crippen molar-refractivity contribution < 1.29 is 62.5 Å². The third-order valence-electron chi connectivity index (χ3n) is 5.66. The fourth-order valence-electron chi connectivity index (χ4n) is 3.86. The number of hydrogen-bond acceptors (Lipinski definition) is 5. The third kappa shape index (κ3) is 6.61. The van der Waals surface area contributed by atoms with Crippen LogP contribution in [0.2, 0.25) is 5.02 Å². The number of carboxylic acid groups (broad SMARTS) is 1. The summed E-state index contributed by atoms with van der Waals surface area (Å²) in [6.45, 7) is 0.247. The molecule has 1 unspecified atom stereocenters. The Morgan fingerprint density at radius 3 is 2.51 bits per heavy atom. The number of aliphatic carboxylic acids is 1. The van der Waals surface area contributed by atoms with Crippen LogP contribution in [0.1, 0.15) is 46.7 Å². The minimum atomic E-state index is -1.18. The molecule has 0 aromatic heterocycles. The van der Waals surface area contributed by atoms with E-state index in [4.69, 9.17) is 21.1 Å². The Labute approximate surface area is 228 Å². The van der Waals surface area contributed by atoms with Crippen molar-refractivity contribution in [2.45, 2.75) is 31.6 Å². The number of carbonyl (C=O) groups excluding carboxylic acids is 2. The van der Waals surface area contributed by atoms with Gasteiger partial charge in [-0.2, -0.15) is 0 Å². The molecule has 0 aliphatic carbocycles. The minimum Gasteiger partial charge on any atom is -0.549 e. The van der Waals surface area contributed by atoms with Crippen molar-refractivity contribution >= 4 is 23.4 Å². The quantitative estimate of drug-likeness (QED) is 0.345. The topological polar surface area (TPSA) is 75.7 Å². The predicted octanol–water partition coefficient (Wildman–Crippen LogP) is 2.24. The molecule has 0 amide bonds. The van der Waals surface area contributed by atoms with Crippen LogP contribution in [-0.2, 0) is 11.2 Å². The van der Waals surface area contributed by atoms with E-state index in [1.54, 1.807) is 30.3 Å². The van der Waals surface area contributed by atoms with Gasteiger partial charge in [-0.1, -0.05) is 17.7 Å². The van der Waals surface area contributed by atoms with E-state index in [0.717, 1.165) is 6.07 Å². The van der Waals surface area contributed by atoms with Gasteiger partial charge >= 0.3 is 29.6 Å². The first-order valence-corrected chi connectivity index (χ1v) is 11.1. The number of fused-ring (bicyclic) bond motifs is 1. The molecule has 0 spiro atoms. The molecule has 35 heavy (non-hydrogen) atoms. The zero-order valence-corrected chi connectivity index (χ0v) is 21.7. The summed E-state index contributed by atoms with van der Waals surface area (Å²) >= 11 is 6.29. The summed E-state index contributed by atoms with van der Waals surface area (Å²) in [6.07, 6.45) is 1.28. The van der Waals surface area contributed by atoms with E-state index in [2.05, 4.69) is 0 Å². The summed E-state index contributed by atoms with van der Waals surface area (Å²) in [5.41, 5.74) is 1.29. The molecule has 0 radical (unpaired) electrons. The zero-order valence-electron chi connectivity index (χ0n) is 19.0. The SMILES string of the molecule is O=C(CCCc1ccc(F)cc1F)c1ccc(Oc2cc3c(cc2Cl)C(C(=O)[O-])CCO3)cc1.[Na+]. The maximum Gasteiger partial charge on any atom is 1.00 e. The van der Waals surface area contributed by atoms with Crippen LogP contribution in [0.4, 0.5) is 8.78 Å². The Morgan fingerprint density at radius 2 is 1.83 bits per heavy atom. The predicted molar refractivity (Wildman–Crippen MR) is 119 cm³/mol. The van der Waals surface area contributed by atoms with E-state index in [1.165, 1.54) is 18.2 Å². The summed E-state index contributed by atoms with van der Waals surface area (Å²) in [4.78, 5) is 23.8. The van der Waals surface area contributed by atoms with Crippen LogP contribution in [0.15, 0.2) is 54.6 Å². The molecule has 1 heterocycles. The van der Waals surface area contributed by atoms with E-state index in [0.29, 0.717) is 53.2 Å². The van der Waals surface area contributed by atoms with E-state index >= 15 is 0 Å². The second kappa shape index (κ2) is 12.0. The number of benzene rings is 3. The molecule has 0 fully saturated rings. The first kappa shape index (κ1) is 27.1. The average molecular weight is 509 g/mol. The first-order valence-electron chi connectivity index (χ1n) is 10.7. The Bertz CT molecular complexity index is 1230. The molecule has 0 saturated heterocycles. The van der Waals surface area contributed by atoms with Crippen LogP contribution in [0.5, 0.6) is 17.2 Å². The molecule has 0 N–H and O–H groups in total. The van der Waals surface area contributed by atoms with Crippen LogP contribution in [0, 0.1) is 11.6 Å². The Balaban J connectivity index is 0.00000342. The normalized spacial score (nSPS) is 14.3. The van der Waals surface area contributed by atoms with Crippen LogP contribution >= 0.6 is 11.6 Å². The summed E-state index contributed by atoms with van der Waals surface area (Å²) < 4.78 is 38.1. The summed E-state index contributed by atoms with van der Waals surface area (Å²) in [6, 6.07) is 12.9. The van der Waals surface area contributed by atoms with Gasteiger partial charge in [0.15, 0.2) is 5.78 Å². The van der Waals surface area contributed by atoms with Gasteiger partial charge in [-0.15, -0.1) is 0 Å². The van der Waals surface area contributed by atoms with Crippen molar-refractivity contribution in [2.24, 2.45) is 0 Å². The largest absolute Gasteiger partial charge is 1.00 e. The number of aryl methyl sites for hydroxylation is 1. The second-order valence-corrected chi connectivity index (χ2v) is 8.38. The standard InChI is InChI=1S/C26H21ClF2O5.Na/c27-21-13-20-19(26(31)32)10-11-33-24(20)14-25(21)34-18-8-5-16(6-9-18)23(30)3-1-2-15-4-7-17(28)12-22(15)29;/h4-9,12-14,19H,1-3,10-11H2,(H,31,32);/q;+1/p-1.